The molecule has 20 heavy (non-hydrogen) atoms. The first-order valence-corrected chi connectivity index (χ1v) is 7.29. The Bertz CT molecular complexity index is 728. The highest BCUT2D eigenvalue weighted by Gasteiger charge is 2.02. The van der Waals surface area contributed by atoms with E-state index in [1.54, 1.807) is 0 Å². The number of rotatable bonds is 4. The fourth-order valence-electron chi connectivity index (χ4n) is 2.80. The van der Waals surface area contributed by atoms with Crippen molar-refractivity contribution in [1.29, 1.82) is 0 Å². The molecule has 0 aliphatic heterocycles. The summed E-state index contributed by atoms with van der Waals surface area (Å²) in [4.78, 5) is 2.25. The number of hydrogen-bond donors (Lipinski definition) is 0. The second-order valence-corrected chi connectivity index (χ2v) is 5.75. The van der Waals surface area contributed by atoms with Crippen LogP contribution in [0, 0.1) is 0 Å². The molecular formula is C19H21N. The maximum atomic E-state index is 2.37. The Kier molecular flexibility index (Phi) is 3.70. The molecule has 0 saturated carbocycles. The maximum absolute atomic E-state index is 2.37. The van der Waals surface area contributed by atoms with E-state index in [0.717, 1.165) is 13.0 Å². The van der Waals surface area contributed by atoms with E-state index in [9.17, 15) is 0 Å². The summed E-state index contributed by atoms with van der Waals surface area (Å²) in [7, 11) is 4.27. The second-order valence-electron chi connectivity index (χ2n) is 5.75. The lowest BCUT2D eigenvalue weighted by Crippen LogP contribution is -2.13. The Hall–Kier alpha value is -1.86. The van der Waals surface area contributed by atoms with Crippen LogP contribution in [0.4, 0.5) is 0 Å². The Labute approximate surface area is 120 Å². The van der Waals surface area contributed by atoms with Crippen molar-refractivity contribution in [3.63, 3.8) is 0 Å². The number of nitrogens with zero attached hydrogens (tertiary/aromatic N) is 1. The van der Waals surface area contributed by atoms with E-state index in [2.05, 4.69) is 73.6 Å². The Morgan fingerprint density at radius 1 is 0.800 bits per heavy atom. The molecule has 0 aliphatic rings. The molecule has 0 saturated heterocycles. The minimum atomic E-state index is 1.15. The molecule has 0 aromatic heterocycles. The third-order valence-electron chi connectivity index (χ3n) is 3.88. The monoisotopic (exact) mass is 263 g/mol. The van der Waals surface area contributed by atoms with Gasteiger partial charge in [-0.15, -0.1) is 0 Å². The minimum absolute atomic E-state index is 1.15. The Balaban J connectivity index is 1.98. The summed E-state index contributed by atoms with van der Waals surface area (Å²) in [6, 6.07) is 20.0. The molecule has 0 heterocycles. The Morgan fingerprint density at radius 2 is 1.50 bits per heavy atom. The van der Waals surface area contributed by atoms with Crippen LogP contribution in [0.25, 0.3) is 21.5 Å². The molecule has 1 heteroatoms. The van der Waals surface area contributed by atoms with E-state index in [0.29, 0.717) is 0 Å². The van der Waals surface area contributed by atoms with Gasteiger partial charge in [0.15, 0.2) is 0 Å². The summed E-state index contributed by atoms with van der Waals surface area (Å²) < 4.78 is 0. The molecule has 0 N–H and O–H groups in total. The molecular weight excluding hydrogens is 242 g/mol. The smallest absolute Gasteiger partial charge is 0.00217 e. The van der Waals surface area contributed by atoms with E-state index in [4.69, 9.17) is 0 Å². The standard InChI is InChI=1S/C19H21N/c1-20(2)13-5-6-15-9-10-17-12-11-16-7-3-4-8-18(16)19(17)14-15/h3-4,7-12,14H,5-6,13H2,1-2H3. The molecule has 0 unspecified atom stereocenters. The van der Waals surface area contributed by atoms with E-state index in [-0.39, 0.29) is 0 Å². The fraction of sp³-hybridized carbons (Fsp3) is 0.263. The van der Waals surface area contributed by atoms with E-state index in [1.165, 1.54) is 33.5 Å². The van der Waals surface area contributed by atoms with Gasteiger partial charge in [0.25, 0.3) is 0 Å². The molecule has 0 fully saturated rings. The van der Waals surface area contributed by atoms with Crippen LogP contribution in [0.5, 0.6) is 0 Å². The SMILES string of the molecule is CN(C)CCCc1ccc2ccc3ccccc3c2c1. The van der Waals surface area contributed by atoms with Crippen molar-refractivity contribution in [2.75, 3.05) is 20.6 Å². The molecule has 3 rings (SSSR count). The van der Waals surface area contributed by atoms with Gasteiger partial charge in [-0.3, -0.25) is 0 Å². The predicted molar refractivity (Wildman–Crippen MR) is 88.3 cm³/mol. The van der Waals surface area contributed by atoms with Gasteiger partial charge in [0.2, 0.25) is 0 Å². The van der Waals surface area contributed by atoms with Crippen molar-refractivity contribution < 1.29 is 0 Å². The molecule has 102 valence electrons. The second kappa shape index (κ2) is 5.64. The van der Waals surface area contributed by atoms with Gasteiger partial charge in [-0.2, -0.15) is 0 Å². The first-order chi connectivity index (χ1) is 9.74. The van der Waals surface area contributed by atoms with E-state index >= 15 is 0 Å². The molecule has 0 radical (unpaired) electrons. The molecule has 0 spiro atoms. The predicted octanol–water partition coefficient (Wildman–Crippen LogP) is 4.49. The molecule has 0 bridgehead atoms. The van der Waals surface area contributed by atoms with Gasteiger partial charge in [0, 0.05) is 0 Å². The summed E-state index contributed by atoms with van der Waals surface area (Å²) in [5.74, 6) is 0. The zero-order valence-corrected chi connectivity index (χ0v) is 12.3. The molecule has 3 aromatic carbocycles. The molecule has 0 amide bonds. The number of aryl methyl sites for hydroxylation is 1. The quantitative estimate of drug-likeness (QED) is 0.627. The van der Waals surface area contributed by atoms with Crippen molar-refractivity contribution in [3.8, 4) is 0 Å². The van der Waals surface area contributed by atoms with Crippen LogP contribution in [0.2, 0.25) is 0 Å². The van der Waals surface area contributed by atoms with E-state index in [1.807, 2.05) is 0 Å². The van der Waals surface area contributed by atoms with E-state index < -0.39 is 0 Å². The Morgan fingerprint density at radius 3 is 2.30 bits per heavy atom. The zero-order chi connectivity index (χ0) is 13.9. The third-order valence-corrected chi connectivity index (χ3v) is 3.88. The van der Waals surface area contributed by atoms with Crippen LogP contribution in [0.15, 0.2) is 54.6 Å². The van der Waals surface area contributed by atoms with Crippen LogP contribution in [-0.2, 0) is 6.42 Å². The third kappa shape index (κ3) is 2.68. The van der Waals surface area contributed by atoms with Crippen LogP contribution < -0.4 is 0 Å². The fourth-order valence-corrected chi connectivity index (χ4v) is 2.80. The highest BCUT2D eigenvalue weighted by atomic mass is 15.0. The zero-order valence-electron chi connectivity index (χ0n) is 12.3. The molecule has 0 atom stereocenters. The van der Waals surface area contributed by atoms with Crippen LogP contribution in [0.1, 0.15) is 12.0 Å². The van der Waals surface area contributed by atoms with Crippen LogP contribution in [-0.4, -0.2) is 25.5 Å². The van der Waals surface area contributed by atoms with Crippen molar-refractivity contribution in [1.82, 2.24) is 4.90 Å². The van der Waals surface area contributed by atoms with Gasteiger partial charge < -0.3 is 4.90 Å². The summed E-state index contributed by atoms with van der Waals surface area (Å²) in [6.07, 6.45) is 2.36. The van der Waals surface area contributed by atoms with Gasteiger partial charge in [0.05, 0.1) is 0 Å². The summed E-state index contributed by atoms with van der Waals surface area (Å²) in [5.41, 5.74) is 1.44. The topological polar surface area (TPSA) is 3.24 Å². The number of benzene rings is 3. The average molecular weight is 263 g/mol. The highest BCUT2D eigenvalue weighted by molar-refractivity contribution is 6.07. The highest BCUT2D eigenvalue weighted by Crippen LogP contribution is 2.26. The van der Waals surface area contributed by atoms with Gasteiger partial charge in [-0.05, 0) is 60.6 Å². The summed E-state index contributed by atoms with van der Waals surface area (Å²) in [5, 5.41) is 5.40. The first kappa shape index (κ1) is 13.1. The lowest BCUT2D eigenvalue weighted by atomic mass is 9.98. The van der Waals surface area contributed by atoms with Gasteiger partial charge >= 0.3 is 0 Å². The van der Waals surface area contributed by atoms with Gasteiger partial charge in [-0.25, -0.2) is 0 Å². The van der Waals surface area contributed by atoms with Crippen LogP contribution in [0.3, 0.4) is 0 Å². The minimum Gasteiger partial charge on any atom is -0.309 e. The maximum Gasteiger partial charge on any atom is -0.00217 e. The number of fused-ring (bicyclic) bond motifs is 3. The van der Waals surface area contributed by atoms with Crippen molar-refractivity contribution in [3.05, 3.63) is 60.2 Å². The average Bonchev–Trinajstić information content (AvgIpc) is 2.47. The van der Waals surface area contributed by atoms with Crippen molar-refractivity contribution >= 4 is 21.5 Å². The lowest BCUT2D eigenvalue weighted by molar-refractivity contribution is 0.400. The van der Waals surface area contributed by atoms with Gasteiger partial charge in [-0.1, -0.05) is 54.6 Å². The summed E-state index contributed by atoms with van der Waals surface area (Å²) >= 11 is 0. The number of hydrogen-bond acceptors (Lipinski definition) is 1. The molecule has 3 aromatic rings. The molecule has 1 nitrogen and oxygen atoms in total. The summed E-state index contributed by atoms with van der Waals surface area (Å²) in [6.45, 7) is 1.15. The first-order valence-electron chi connectivity index (χ1n) is 7.29. The lowest BCUT2D eigenvalue weighted by Gasteiger charge is -2.10. The van der Waals surface area contributed by atoms with Crippen LogP contribution >= 0.6 is 0 Å². The largest absolute Gasteiger partial charge is 0.309 e. The normalized spacial score (nSPS) is 11.6. The van der Waals surface area contributed by atoms with Gasteiger partial charge in [0.1, 0.15) is 0 Å². The van der Waals surface area contributed by atoms with Crippen molar-refractivity contribution in [2.24, 2.45) is 0 Å². The molecule has 0 aliphatic carbocycles. The van der Waals surface area contributed by atoms with Crippen molar-refractivity contribution in [2.45, 2.75) is 12.8 Å².